The van der Waals surface area contributed by atoms with Crippen molar-refractivity contribution in [1.82, 2.24) is 9.80 Å². The Labute approximate surface area is 174 Å². The number of rotatable bonds is 5. The molecule has 0 bridgehead atoms. The second-order valence-corrected chi connectivity index (χ2v) is 7.05. The molecule has 0 N–H and O–H groups in total. The molecular weight excluding hydrogens is 388 g/mol. The fraction of sp³-hybridized carbons (Fsp3) is 0.333. The van der Waals surface area contributed by atoms with Gasteiger partial charge < -0.3 is 19.4 Å². The maximum Gasteiger partial charge on any atom is 0.338 e. The van der Waals surface area contributed by atoms with Crippen LogP contribution in [-0.4, -0.2) is 67.1 Å². The van der Waals surface area contributed by atoms with Crippen molar-refractivity contribution in [3.05, 3.63) is 69.8 Å². The molecule has 1 heterocycles. The Bertz CT molecular complexity index is 926. The number of nitro groups is 1. The van der Waals surface area contributed by atoms with Gasteiger partial charge in [-0.15, -0.1) is 0 Å². The van der Waals surface area contributed by atoms with Crippen LogP contribution in [-0.2, 0) is 11.3 Å². The number of carbonyl (C=O) groups excluding carboxylic acids is 2. The maximum absolute atomic E-state index is 12.7. The highest BCUT2D eigenvalue weighted by Gasteiger charge is 2.28. The summed E-state index contributed by atoms with van der Waals surface area (Å²) in [6, 6.07) is 14.0. The molecule has 9 heteroatoms. The van der Waals surface area contributed by atoms with Crippen molar-refractivity contribution in [2.75, 3.05) is 45.2 Å². The number of nitrogens with zero attached hydrogens (tertiary/aromatic N) is 4. The van der Waals surface area contributed by atoms with Crippen molar-refractivity contribution in [3.63, 3.8) is 0 Å². The van der Waals surface area contributed by atoms with Gasteiger partial charge in [0.05, 0.1) is 17.6 Å². The number of carbonyl (C=O) groups is 2. The van der Waals surface area contributed by atoms with Crippen LogP contribution in [0.5, 0.6) is 0 Å². The monoisotopic (exact) mass is 412 g/mol. The Kier molecular flexibility index (Phi) is 6.51. The molecule has 0 saturated carbocycles. The number of ether oxygens (including phenoxy) is 1. The number of methoxy groups -OCH3 is 1. The zero-order valence-corrected chi connectivity index (χ0v) is 17.0. The van der Waals surface area contributed by atoms with E-state index in [1.54, 1.807) is 22.9 Å². The number of nitro benzene ring substituents is 1. The van der Waals surface area contributed by atoms with Crippen LogP contribution in [0.15, 0.2) is 48.5 Å². The molecule has 1 fully saturated rings. The highest BCUT2D eigenvalue weighted by molar-refractivity contribution is 5.91. The molecular formula is C21H24N4O5. The molecule has 0 unspecified atom stereocenters. The number of benzene rings is 2. The second kappa shape index (κ2) is 9.25. The number of hydrogen-bond acceptors (Lipinski definition) is 6. The molecule has 9 nitrogen and oxygen atoms in total. The van der Waals surface area contributed by atoms with E-state index in [2.05, 4.69) is 4.74 Å². The molecule has 2 aromatic rings. The standard InChI is InChI=1S/C21H24N4O5/c1-22(15-16-6-4-3-5-7-16)21(27)24-12-10-23(11-13-24)18-9-8-17(20(26)30-2)14-19(18)25(28)29/h3-9,14H,10-13,15H2,1-2H3. The first kappa shape index (κ1) is 21.1. The Morgan fingerprint density at radius 1 is 1.10 bits per heavy atom. The lowest BCUT2D eigenvalue weighted by molar-refractivity contribution is -0.384. The smallest absolute Gasteiger partial charge is 0.338 e. The number of anilines is 1. The minimum atomic E-state index is -0.624. The van der Waals surface area contributed by atoms with E-state index in [9.17, 15) is 19.7 Å². The predicted molar refractivity (Wildman–Crippen MR) is 112 cm³/mol. The third kappa shape index (κ3) is 4.68. The highest BCUT2D eigenvalue weighted by atomic mass is 16.6. The molecule has 0 aromatic heterocycles. The molecule has 3 rings (SSSR count). The third-order valence-electron chi connectivity index (χ3n) is 5.07. The molecule has 2 amide bonds. The van der Waals surface area contributed by atoms with E-state index in [-0.39, 0.29) is 17.3 Å². The molecule has 0 atom stereocenters. The first-order chi connectivity index (χ1) is 14.4. The summed E-state index contributed by atoms with van der Waals surface area (Å²) in [5.74, 6) is -0.624. The first-order valence-electron chi connectivity index (χ1n) is 9.56. The molecule has 30 heavy (non-hydrogen) atoms. The molecule has 0 spiro atoms. The molecule has 1 aliphatic heterocycles. The lowest BCUT2D eigenvalue weighted by Crippen LogP contribution is -2.52. The van der Waals surface area contributed by atoms with Crippen molar-refractivity contribution in [3.8, 4) is 0 Å². The highest BCUT2D eigenvalue weighted by Crippen LogP contribution is 2.30. The number of urea groups is 1. The zero-order valence-electron chi connectivity index (χ0n) is 17.0. The van der Waals surface area contributed by atoms with Gasteiger partial charge in [-0.3, -0.25) is 10.1 Å². The van der Waals surface area contributed by atoms with E-state index in [4.69, 9.17) is 0 Å². The van der Waals surface area contributed by atoms with Crippen molar-refractivity contribution >= 4 is 23.4 Å². The van der Waals surface area contributed by atoms with Crippen LogP contribution >= 0.6 is 0 Å². The van der Waals surface area contributed by atoms with Crippen molar-refractivity contribution in [2.45, 2.75) is 6.54 Å². The number of amides is 2. The molecule has 0 radical (unpaired) electrons. The average molecular weight is 412 g/mol. The third-order valence-corrected chi connectivity index (χ3v) is 5.07. The summed E-state index contributed by atoms with van der Waals surface area (Å²) in [4.78, 5) is 40.7. The van der Waals surface area contributed by atoms with Crippen molar-refractivity contribution < 1.29 is 19.2 Å². The zero-order chi connectivity index (χ0) is 21.7. The summed E-state index contributed by atoms with van der Waals surface area (Å²) in [5, 5.41) is 11.5. The first-order valence-corrected chi connectivity index (χ1v) is 9.56. The predicted octanol–water partition coefficient (Wildman–Crippen LogP) is 2.76. The SMILES string of the molecule is COC(=O)c1ccc(N2CCN(C(=O)N(C)Cc3ccccc3)CC2)c([N+](=O)[O-])c1. The Morgan fingerprint density at radius 3 is 2.37 bits per heavy atom. The lowest BCUT2D eigenvalue weighted by atomic mass is 10.1. The lowest BCUT2D eigenvalue weighted by Gasteiger charge is -2.37. The van der Waals surface area contributed by atoms with Gasteiger partial charge in [-0.2, -0.15) is 0 Å². The maximum atomic E-state index is 12.7. The van der Waals surface area contributed by atoms with Gasteiger partial charge in [-0.1, -0.05) is 30.3 Å². The van der Waals surface area contributed by atoms with Crippen LogP contribution in [0.2, 0.25) is 0 Å². The second-order valence-electron chi connectivity index (χ2n) is 7.05. The van der Waals surface area contributed by atoms with E-state index in [0.717, 1.165) is 5.56 Å². The van der Waals surface area contributed by atoms with Crippen LogP contribution < -0.4 is 4.90 Å². The Hall–Kier alpha value is -3.62. The topological polar surface area (TPSA) is 96.2 Å². The summed E-state index contributed by atoms with van der Waals surface area (Å²) in [6.45, 7) is 2.34. The Morgan fingerprint density at radius 2 is 1.77 bits per heavy atom. The van der Waals surface area contributed by atoms with E-state index < -0.39 is 10.9 Å². The van der Waals surface area contributed by atoms with E-state index >= 15 is 0 Å². The summed E-state index contributed by atoms with van der Waals surface area (Å²) in [6.07, 6.45) is 0. The minimum Gasteiger partial charge on any atom is -0.465 e. The summed E-state index contributed by atoms with van der Waals surface area (Å²) >= 11 is 0. The van der Waals surface area contributed by atoms with Gasteiger partial charge in [0.1, 0.15) is 5.69 Å². The van der Waals surface area contributed by atoms with Gasteiger partial charge in [0.15, 0.2) is 0 Å². The fourth-order valence-corrected chi connectivity index (χ4v) is 3.49. The number of esters is 1. The fourth-order valence-electron chi connectivity index (χ4n) is 3.49. The Balaban J connectivity index is 1.65. The van der Waals surface area contributed by atoms with Gasteiger partial charge >= 0.3 is 12.0 Å². The van der Waals surface area contributed by atoms with Crippen molar-refractivity contribution in [1.29, 1.82) is 0 Å². The van der Waals surface area contributed by atoms with Crippen LogP contribution in [0.3, 0.4) is 0 Å². The average Bonchev–Trinajstić information content (AvgIpc) is 2.78. The molecule has 1 saturated heterocycles. The van der Waals surface area contributed by atoms with Gasteiger partial charge in [0, 0.05) is 45.8 Å². The largest absolute Gasteiger partial charge is 0.465 e. The van der Waals surface area contributed by atoms with Gasteiger partial charge in [0.2, 0.25) is 0 Å². The van der Waals surface area contributed by atoms with Crippen LogP contribution in [0.1, 0.15) is 15.9 Å². The molecule has 0 aliphatic carbocycles. The minimum absolute atomic E-state index is 0.0750. The van der Waals surface area contributed by atoms with Crippen LogP contribution in [0, 0.1) is 10.1 Å². The van der Waals surface area contributed by atoms with Gasteiger partial charge in [0.25, 0.3) is 5.69 Å². The molecule has 2 aromatic carbocycles. The summed E-state index contributed by atoms with van der Waals surface area (Å²) < 4.78 is 4.64. The van der Waals surface area contributed by atoms with Gasteiger partial charge in [-0.05, 0) is 17.7 Å². The number of hydrogen-bond donors (Lipinski definition) is 0. The summed E-state index contributed by atoms with van der Waals surface area (Å²) in [5.41, 5.74) is 1.45. The molecule has 1 aliphatic rings. The molecule has 158 valence electrons. The quantitative estimate of drug-likeness (QED) is 0.426. The normalized spacial score (nSPS) is 13.7. The van der Waals surface area contributed by atoms with Crippen molar-refractivity contribution in [2.24, 2.45) is 0 Å². The van der Waals surface area contributed by atoms with Crippen LogP contribution in [0.4, 0.5) is 16.2 Å². The van der Waals surface area contributed by atoms with Crippen LogP contribution in [0.25, 0.3) is 0 Å². The van der Waals surface area contributed by atoms with E-state index in [0.29, 0.717) is 38.4 Å². The van der Waals surface area contributed by atoms with E-state index in [1.807, 2.05) is 35.2 Å². The summed E-state index contributed by atoms with van der Waals surface area (Å²) in [7, 11) is 2.99. The van der Waals surface area contributed by atoms with Gasteiger partial charge in [-0.25, -0.2) is 9.59 Å². The van der Waals surface area contributed by atoms with E-state index in [1.165, 1.54) is 19.2 Å². The number of piperazine rings is 1.